The molecule has 138 valence electrons. The summed E-state index contributed by atoms with van der Waals surface area (Å²) in [6, 6.07) is 15.2. The lowest BCUT2D eigenvalue weighted by Gasteiger charge is -2.34. The minimum Gasteiger partial charge on any atom is -0.370 e. The van der Waals surface area contributed by atoms with Crippen molar-refractivity contribution in [3.05, 3.63) is 59.5 Å². The zero-order chi connectivity index (χ0) is 18.8. The van der Waals surface area contributed by atoms with Crippen molar-refractivity contribution in [2.45, 2.75) is 44.9 Å². The maximum absolute atomic E-state index is 9.82. The third kappa shape index (κ3) is 3.16. The van der Waals surface area contributed by atoms with Crippen molar-refractivity contribution in [2.75, 3.05) is 18.0 Å². The molecule has 0 aliphatic carbocycles. The van der Waals surface area contributed by atoms with Crippen molar-refractivity contribution >= 4 is 11.3 Å². The van der Waals surface area contributed by atoms with Crippen LogP contribution in [0.15, 0.2) is 42.6 Å². The van der Waals surface area contributed by atoms with E-state index in [0.717, 1.165) is 43.9 Å². The third-order valence-electron chi connectivity index (χ3n) is 5.85. The molecule has 1 unspecified atom stereocenters. The Hall–Kier alpha value is -2.87. The summed E-state index contributed by atoms with van der Waals surface area (Å²) in [5.74, 6) is 1.85. The summed E-state index contributed by atoms with van der Waals surface area (Å²) >= 11 is 0. The van der Waals surface area contributed by atoms with E-state index in [9.17, 15) is 5.26 Å². The van der Waals surface area contributed by atoms with Gasteiger partial charge in [-0.2, -0.15) is 5.26 Å². The van der Waals surface area contributed by atoms with Gasteiger partial charge >= 0.3 is 0 Å². The summed E-state index contributed by atoms with van der Waals surface area (Å²) < 4.78 is 1.98. The van der Waals surface area contributed by atoms with E-state index in [-0.39, 0.29) is 0 Å². The molecule has 0 bridgehead atoms. The fourth-order valence-corrected chi connectivity index (χ4v) is 4.03. The monoisotopic (exact) mass is 359 g/mol. The molecule has 1 fully saturated rings. The van der Waals surface area contributed by atoms with Crippen LogP contribution in [-0.4, -0.2) is 27.7 Å². The van der Waals surface area contributed by atoms with Crippen LogP contribution in [0.3, 0.4) is 0 Å². The lowest BCUT2D eigenvalue weighted by atomic mass is 9.89. The van der Waals surface area contributed by atoms with Gasteiger partial charge in [0.25, 0.3) is 0 Å². The number of benzene rings is 1. The summed E-state index contributed by atoms with van der Waals surface area (Å²) in [7, 11) is 0. The summed E-state index contributed by atoms with van der Waals surface area (Å²) in [5.41, 5.74) is 3.72. The van der Waals surface area contributed by atoms with Crippen molar-refractivity contribution < 1.29 is 0 Å². The predicted molar refractivity (Wildman–Crippen MR) is 107 cm³/mol. The van der Waals surface area contributed by atoms with E-state index in [1.807, 2.05) is 10.6 Å². The van der Waals surface area contributed by atoms with Crippen molar-refractivity contribution in [2.24, 2.45) is 0 Å². The fraction of sp³-hybridized carbons (Fsp3) is 0.409. The van der Waals surface area contributed by atoms with Crippen molar-refractivity contribution in [3.8, 4) is 6.07 Å². The molecular weight excluding hydrogens is 334 g/mol. The number of hydrogen-bond donors (Lipinski definition) is 0. The van der Waals surface area contributed by atoms with E-state index in [1.54, 1.807) is 0 Å². The second kappa shape index (κ2) is 7.40. The van der Waals surface area contributed by atoms with Gasteiger partial charge < -0.3 is 4.90 Å². The molecule has 0 amide bonds. The molecule has 3 aromatic rings. The number of rotatable bonds is 4. The molecule has 3 heterocycles. The van der Waals surface area contributed by atoms with Gasteiger partial charge in [0, 0.05) is 25.2 Å². The Bertz CT molecular complexity index is 962. The topological polar surface area (TPSA) is 57.2 Å². The van der Waals surface area contributed by atoms with Crippen molar-refractivity contribution in [1.29, 1.82) is 5.26 Å². The maximum Gasteiger partial charge on any atom is 0.180 e. The predicted octanol–water partition coefficient (Wildman–Crippen LogP) is 4.50. The van der Waals surface area contributed by atoms with E-state index in [2.05, 4.69) is 71.4 Å². The average Bonchev–Trinajstić information content (AvgIpc) is 3.17. The Labute approximate surface area is 160 Å². The van der Waals surface area contributed by atoms with Crippen LogP contribution in [0, 0.1) is 11.3 Å². The highest BCUT2D eigenvalue weighted by Crippen LogP contribution is 2.33. The first-order chi connectivity index (χ1) is 13.2. The van der Waals surface area contributed by atoms with Gasteiger partial charge in [-0.25, -0.2) is 0 Å². The minimum atomic E-state index is 0.319. The Balaban J connectivity index is 1.60. The van der Waals surface area contributed by atoms with Crippen LogP contribution in [0.4, 0.5) is 5.69 Å². The number of hydrogen-bond acceptors (Lipinski definition) is 4. The van der Waals surface area contributed by atoms with E-state index < -0.39 is 0 Å². The molecule has 1 aliphatic heterocycles. The van der Waals surface area contributed by atoms with Gasteiger partial charge in [0.2, 0.25) is 0 Å². The molecule has 1 atom stereocenters. The Morgan fingerprint density at radius 1 is 1.15 bits per heavy atom. The lowest BCUT2D eigenvalue weighted by molar-refractivity contribution is 0.505. The van der Waals surface area contributed by atoms with E-state index >= 15 is 0 Å². The molecule has 5 heteroatoms. The Morgan fingerprint density at radius 3 is 2.56 bits per heavy atom. The largest absolute Gasteiger partial charge is 0.370 e. The number of nitrogens with zero attached hydrogens (tertiary/aromatic N) is 5. The fourth-order valence-electron chi connectivity index (χ4n) is 4.03. The van der Waals surface area contributed by atoms with Crippen LogP contribution in [0.1, 0.15) is 61.9 Å². The molecule has 0 radical (unpaired) electrons. The van der Waals surface area contributed by atoms with Crippen LogP contribution in [0.5, 0.6) is 0 Å². The molecule has 0 spiro atoms. The second-order valence-electron chi connectivity index (χ2n) is 7.42. The molecule has 0 saturated carbocycles. The second-order valence-corrected chi connectivity index (χ2v) is 7.42. The van der Waals surface area contributed by atoms with Gasteiger partial charge in [0.1, 0.15) is 17.5 Å². The van der Waals surface area contributed by atoms with Gasteiger partial charge in [0.15, 0.2) is 5.65 Å². The normalized spacial score (nSPS) is 16.4. The molecule has 1 aromatic carbocycles. The first kappa shape index (κ1) is 17.5. The van der Waals surface area contributed by atoms with Crippen LogP contribution in [0.2, 0.25) is 0 Å². The quantitative estimate of drug-likeness (QED) is 0.688. The third-order valence-corrected chi connectivity index (χ3v) is 5.85. The molecule has 0 N–H and O–H groups in total. The van der Waals surface area contributed by atoms with Gasteiger partial charge in [-0.05, 0) is 36.8 Å². The summed E-state index contributed by atoms with van der Waals surface area (Å²) in [6.45, 7) is 6.19. The van der Waals surface area contributed by atoms with Gasteiger partial charge in [-0.3, -0.25) is 4.40 Å². The number of piperidine rings is 1. The molecule has 2 aromatic heterocycles. The minimum absolute atomic E-state index is 0.319. The first-order valence-corrected chi connectivity index (χ1v) is 9.80. The number of nitriles is 1. The average molecular weight is 359 g/mol. The molecule has 4 rings (SSSR count). The van der Waals surface area contributed by atoms with Gasteiger partial charge in [-0.15, -0.1) is 10.2 Å². The molecule has 1 aliphatic rings. The van der Waals surface area contributed by atoms with Crippen LogP contribution in [0.25, 0.3) is 5.65 Å². The summed E-state index contributed by atoms with van der Waals surface area (Å²) in [6.07, 6.45) is 5.23. The van der Waals surface area contributed by atoms with Crippen LogP contribution < -0.4 is 4.90 Å². The van der Waals surface area contributed by atoms with E-state index in [0.29, 0.717) is 23.0 Å². The zero-order valence-corrected chi connectivity index (χ0v) is 16.0. The number of aromatic nitrogens is 3. The zero-order valence-electron chi connectivity index (χ0n) is 16.0. The standard InChI is InChI=1S/C22H25N5/c1-3-16(2)21-24-25-22-19(15-23)20(11-14-27(21)22)26-12-9-18(10-13-26)17-7-5-4-6-8-17/h4-8,11,14,16,18H,3,9-10,12-13H2,1-2H3. The highest BCUT2D eigenvalue weighted by molar-refractivity contribution is 5.71. The highest BCUT2D eigenvalue weighted by atomic mass is 15.3. The van der Waals surface area contributed by atoms with Crippen LogP contribution >= 0.6 is 0 Å². The molecule has 1 saturated heterocycles. The molecule has 5 nitrogen and oxygen atoms in total. The number of anilines is 1. The highest BCUT2D eigenvalue weighted by Gasteiger charge is 2.24. The Kier molecular flexibility index (Phi) is 4.81. The summed E-state index contributed by atoms with van der Waals surface area (Å²) in [5, 5.41) is 18.5. The SMILES string of the molecule is CCC(C)c1nnc2c(C#N)c(N3CCC(c4ccccc4)CC3)ccn12. The van der Waals surface area contributed by atoms with Gasteiger partial charge in [0.05, 0.1) is 5.69 Å². The summed E-state index contributed by atoms with van der Waals surface area (Å²) in [4.78, 5) is 2.33. The molecule has 27 heavy (non-hydrogen) atoms. The maximum atomic E-state index is 9.82. The van der Waals surface area contributed by atoms with E-state index in [1.165, 1.54) is 5.56 Å². The Morgan fingerprint density at radius 2 is 1.89 bits per heavy atom. The van der Waals surface area contributed by atoms with Crippen LogP contribution in [-0.2, 0) is 0 Å². The van der Waals surface area contributed by atoms with Crippen molar-refractivity contribution in [1.82, 2.24) is 14.6 Å². The van der Waals surface area contributed by atoms with E-state index in [4.69, 9.17) is 0 Å². The molecular formula is C22H25N5. The first-order valence-electron chi connectivity index (χ1n) is 9.80. The number of pyridine rings is 1. The smallest absolute Gasteiger partial charge is 0.180 e. The van der Waals surface area contributed by atoms with Gasteiger partial charge in [-0.1, -0.05) is 44.2 Å². The lowest BCUT2D eigenvalue weighted by Crippen LogP contribution is -2.33. The number of fused-ring (bicyclic) bond motifs is 1. The van der Waals surface area contributed by atoms with Crippen molar-refractivity contribution in [3.63, 3.8) is 0 Å².